The summed E-state index contributed by atoms with van der Waals surface area (Å²) in [6.07, 6.45) is 14.6. The highest BCUT2D eigenvalue weighted by Crippen LogP contribution is 2.49. The van der Waals surface area contributed by atoms with E-state index in [1.807, 2.05) is 38.1 Å². The van der Waals surface area contributed by atoms with Crippen molar-refractivity contribution in [1.29, 1.82) is 0 Å². The number of aromatic nitrogens is 2. The van der Waals surface area contributed by atoms with E-state index < -0.39 is 11.5 Å². The number of quaternary nitrogens is 1. The highest BCUT2D eigenvalue weighted by molar-refractivity contribution is 7.98. The number of carbonyl (C=O) groups excluding carboxylic acids is 1. The molecule has 2 aliphatic heterocycles. The zero-order valence-electron chi connectivity index (χ0n) is 41.3. The van der Waals surface area contributed by atoms with Crippen molar-refractivity contribution in [3.05, 3.63) is 112 Å². The first-order valence-corrected chi connectivity index (χ1v) is 26.4. The lowest BCUT2D eigenvalue weighted by molar-refractivity contribution is -0.750. The fraction of sp³-hybridized carbons (Fsp3) is 0.482. The molecule has 2 saturated heterocycles. The number of rotatable bonds is 15. The van der Waals surface area contributed by atoms with E-state index in [4.69, 9.17) is 9.47 Å². The van der Waals surface area contributed by atoms with E-state index in [0.717, 1.165) is 98.8 Å². The zero-order valence-corrected chi connectivity index (χ0v) is 42.1. The van der Waals surface area contributed by atoms with Crippen LogP contribution in [0.5, 0.6) is 17.4 Å². The SMILES string of the molecule is CCOc1nc2c(cc1Oc1cc(N3CCC4(CC3)CN([C@H]3CCC[C@H]3c3ccccc3C(C)C)C4)ccc1C(=O)NSc1cc([NH+](C)[O-])c(NCC3CCC(C)(O)CC3)c3cnccc13)C(F)=CC2. The summed E-state index contributed by atoms with van der Waals surface area (Å²) in [6, 6.07) is 20.7. The van der Waals surface area contributed by atoms with Gasteiger partial charge in [0.05, 0.1) is 30.5 Å². The topological polar surface area (TPSA) is 140 Å². The van der Waals surface area contributed by atoms with Crippen LogP contribution in [0.15, 0.2) is 84.0 Å². The molecule has 3 aliphatic carbocycles. The molecule has 5 aliphatic rings. The Labute approximate surface area is 416 Å². The minimum Gasteiger partial charge on any atom is -0.629 e. The van der Waals surface area contributed by atoms with E-state index in [1.54, 1.807) is 37.1 Å². The lowest BCUT2D eigenvalue weighted by Gasteiger charge is -2.57. The number of hydroxylamine groups is 1. The van der Waals surface area contributed by atoms with Gasteiger partial charge in [0.2, 0.25) is 0 Å². The second kappa shape index (κ2) is 20.1. The number of pyridine rings is 2. The van der Waals surface area contributed by atoms with Crippen LogP contribution in [0.2, 0.25) is 0 Å². The number of carbonyl (C=O) groups is 1. The molecule has 1 unspecified atom stereocenters. The number of ether oxygens (including phenoxy) is 2. The molecule has 10 rings (SSSR count). The number of fused-ring (bicyclic) bond motifs is 2. The normalized spacial score (nSPS) is 23.5. The van der Waals surface area contributed by atoms with E-state index in [-0.39, 0.29) is 28.1 Å². The van der Waals surface area contributed by atoms with Gasteiger partial charge in [-0.15, -0.1) is 0 Å². The van der Waals surface area contributed by atoms with Gasteiger partial charge in [-0.2, -0.15) is 0 Å². The van der Waals surface area contributed by atoms with Crippen LogP contribution < -0.4 is 29.5 Å². The molecule has 70 heavy (non-hydrogen) atoms. The number of amides is 1. The molecule has 5 aromatic rings. The Morgan fingerprint density at radius 1 is 1.01 bits per heavy atom. The minimum absolute atomic E-state index is 0.109. The van der Waals surface area contributed by atoms with Crippen LogP contribution in [0.1, 0.15) is 130 Å². The Morgan fingerprint density at radius 2 is 1.80 bits per heavy atom. The van der Waals surface area contributed by atoms with Crippen LogP contribution in [0, 0.1) is 16.5 Å². The van der Waals surface area contributed by atoms with Crippen LogP contribution in [-0.2, 0) is 6.42 Å². The second-order valence-electron chi connectivity index (χ2n) is 21.2. The quantitative estimate of drug-likeness (QED) is 0.0589. The standard InChI is InChI=1S/C56H68FN7O5S/c1-6-68-54-50(29-43-45(57)16-17-46(43)60-54)69-49-28-37(63-26-23-56(24-27-63)33-64(34-56)47-13-9-12-40(47)39-11-8-7-10-38(39)35(2)3)14-15-42(49)53(65)61-70-51-30-48(62(5)67)52(44-32-58-25-20-41(44)51)59-31-36-18-21-55(4,66)22-19-36/h7-8,10-11,14-16,20,25,28-30,32,35-36,40,47,59,62,66H,6,9,12-13,17-19,21-24,26-27,31,33-34H2,1-5H3,(H,61,65)/t36?,40-,47-,55?/m0/s1. The second-order valence-corrected chi connectivity index (χ2v) is 22.0. The van der Waals surface area contributed by atoms with E-state index in [9.17, 15) is 15.1 Å². The Balaban J connectivity index is 0.880. The first-order chi connectivity index (χ1) is 33.8. The Morgan fingerprint density at radius 3 is 2.56 bits per heavy atom. The number of likely N-dealkylation sites (tertiary alicyclic amines) is 1. The molecule has 3 aromatic carbocycles. The van der Waals surface area contributed by atoms with Gasteiger partial charge in [-0.05, 0) is 142 Å². The summed E-state index contributed by atoms with van der Waals surface area (Å²) in [5, 5.41) is 28.9. The maximum absolute atomic E-state index is 15.1. The molecule has 4 heterocycles. The molecule has 14 heteroatoms. The molecule has 4 fully saturated rings. The predicted molar refractivity (Wildman–Crippen MR) is 277 cm³/mol. The largest absolute Gasteiger partial charge is 0.629 e. The summed E-state index contributed by atoms with van der Waals surface area (Å²) in [4.78, 5) is 29.4. The molecule has 12 nitrogen and oxygen atoms in total. The van der Waals surface area contributed by atoms with Gasteiger partial charge >= 0.3 is 0 Å². The highest BCUT2D eigenvalue weighted by Gasteiger charge is 2.49. The summed E-state index contributed by atoms with van der Waals surface area (Å²) in [6.45, 7) is 13.4. The first-order valence-electron chi connectivity index (χ1n) is 25.6. The Kier molecular flexibility index (Phi) is 13.9. The maximum Gasteiger partial charge on any atom is 0.265 e. The summed E-state index contributed by atoms with van der Waals surface area (Å²) >= 11 is 1.13. The average molecular weight is 970 g/mol. The van der Waals surface area contributed by atoms with Gasteiger partial charge < -0.3 is 35.1 Å². The van der Waals surface area contributed by atoms with Crippen LogP contribution in [0.4, 0.5) is 21.5 Å². The van der Waals surface area contributed by atoms with Crippen molar-refractivity contribution in [3.63, 3.8) is 0 Å². The number of allylic oxidation sites excluding steroid dienone is 1. The van der Waals surface area contributed by atoms with Crippen molar-refractivity contribution in [2.45, 2.75) is 120 Å². The fourth-order valence-corrected chi connectivity index (χ4v) is 12.8. The first kappa shape index (κ1) is 48.4. The van der Waals surface area contributed by atoms with E-state index in [0.29, 0.717) is 76.4 Å². The van der Waals surface area contributed by atoms with Crippen molar-refractivity contribution in [3.8, 4) is 17.4 Å². The number of benzene rings is 3. The Bertz CT molecular complexity index is 2760. The molecule has 0 radical (unpaired) electrons. The summed E-state index contributed by atoms with van der Waals surface area (Å²) in [5.74, 6) is 1.47. The lowest BCUT2D eigenvalue weighted by atomic mass is 9.70. The van der Waals surface area contributed by atoms with Gasteiger partial charge in [-0.1, -0.05) is 44.5 Å². The molecule has 1 amide bonds. The van der Waals surface area contributed by atoms with E-state index in [1.165, 1.54) is 30.9 Å². The molecular formula is C56H68FN7O5S. The van der Waals surface area contributed by atoms with Gasteiger partial charge in [0.1, 0.15) is 17.3 Å². The molecule has 4 N–H and O–H groups in total. The smallest absolute Gasteiger partial charge is 0.265 e. The van der Waals surface area contributed by atoms with Gasteiger partial charge in [0.25, 0.3) is 11.8 Å². The van der Waals surface area contributed by atoms with Gasteiger partial charge in [0, 0.05) is 96.6 Å². The molecular weight excluding hydrogens is 902 g/mol. The third kappa shape index (κ3) is 9.86. The number of hydrogen-bond acceptors (Lipinski definition) is 11. The maximum atomic E-state index is 15.1. The van der Waals surface area contributed by atoms with Crippen LogP contribution in [-0.4, -0.2) is 83.9 Å². The van der Waals surface area contributed by atoms with E-state index >= 15 is 4.39 Å². The van der Waals surface area contributed by atoms with E-state index in [2.05, 4.69) is 67.9 Å². The predicted octanol–water partition coefficient (Wildman–Crippen LogP) is 10.5. The van der Waals surface area contributed by atoms with Gasteiger partial charge in [0.15, 0.2) is 11.4 Å². The summed E-state index contributed by atoms with van der Waals surface area (Å²) in [5.41, 5.74) is 6.10. The summed E-state index contributed by atoms with van der Waals surface area (Å²) in [7, 11) is 1.55. The number of hydrogen-bond donors (Lipinski definition) is 4. The average Bonchev–Trinajstić information content (AvgIpc) is 3.98. The highest BCUT2D eigenvalue weighted by atomic mass is 32.2. The number of halogens is 1. The molecule has 0 bridgehead atoms. The third-order valence-corrected chi connectivity index (χ3v) is 16.8. The number of nitrogens with one attached hydrogen (secondary N) is 3. The molecule has 2 saturated carbocycles. The third-order valence-electron chi connectivity index (χ3n) is 16.0. The van der Waals surface area contributed by atoms with Crippen LogP contribution in [0.3, 0.4) is 0 Å². The Hall–Kier alpha value is -5.25. The van der Waals surface area contributed by atoms with Crippen molar-refractivity contribution >= 4 is 51.5 Å². The van der Waals surface area contributed by atoms with Crippen LogP contribution >= 0.6 is 11.9 Å². The minimum atomic E-state index is -0.630. The molecule has 3 atom stereocenters. The summed E-state index contributed by atoms with van der Waals surface area (Å²) < 4.78 is 30.7. The van der Waals surface area contributed by atoms with Gasteiger partial charge in [-0.25, -0.2) is 9.37 Å². The van der Waals surface area contributed by atoms with Crippen molar-refractivity contribution < 1.29 is 28.8 Å². The number of piperidine rings is 1. The number of anilines is 2. The van der Waals surface area contributed by atoms with Crippen molar-refractivity contribution in [2.24, 2.45) is 11.3 Å². The zero-order chi connectivity index (χ0) is 48.7. The fourth-order valence-electron chi connectivity index (χ4n) is 12.0. The molecule has 1 spiro atoms. The molecule has 370 valence electrons. The van der Waals surface area contributed by atoms with Crippen LogP contribution in [0.25, 0.3) is 16.6 Å². The van der Waals surface area contributed by atoms with Crippen molar-refractivity contribution in [2.75, 3.05) is 56.6 Å². The van der Waals surface area contributed by atoms with Crippen molar-refractivity contribution in [1.82, 2.24) is 19.6 Å². The number of nitrogens with zero attached hydrogens (tertiary/aromatic N) is 4. The molecule has 2 aromatic heterocycles. The van der Waals surface area contributed by atoms with Gasteiger partial charge in [-0.3, -0.25) is 19.4 Å². The number of aliphatic hydroxyl groups is 1. The monoisotopic (exact) mass is 969 g/mol. The lowest BCUT2D eigenvalue weighted by Crippen LogP contribution is -2.98.